The molecule has 0 spiro atoms. The van der Waals surface area contributed by atoms with Gasteiger partial charge in [0, 0.05) is 0 Å². The fourth-order valence-corrected chi connectivity index (χ4v) is 4.69. The van der Waals surface area contributed by atoms with E-state index in [2.05, 4.69) is 31.2 Å². The van der Waals surface area contributed by atoms with Crippen LogP contribution in [0, 0.1) is 0 Å². The number of benzene rings is 1. The number of carbonyl (C=O) groups is 1. The predicted molar refractivity (Wildman–Crippen MR) is 135 cm³/mol. The molecule has 1 aromatic rings. The molecule has 1 saturated carbocycles. The highest BCUT2D eigenvalue weighted by Crippen LogP contribution is 2.35. The van der Waals surface area contributed by atoms with Crippen LogP contribution in [0.4, 0.5) is 4.39 Å². The van der Waals surface area contributed by atoms with E-state index in [1.165, 1.54) is 56.9 Å². The highest BCUT2D eigenvalue weighted by atomic mass is 19.1. The highest BCUT2D eigenvalue weighted by molar-refractivity contribution is 5.74. The average molecular weight is 463 g/mol. The average Bonchev–Trinajstić information content (AvgIpc) is 2.84. The number of hydrogen-bond acceptors (Lipinski definition) is 3. The molecule has 1 aliphatic rings. The number of unbranched alkanes of at least 4 members (excludes halogenated alkanes) is 9. The molecule has 0 bridgehead atoms. The summed E-state index contributed by atoms with van der Waals surface area (Å²) in [5.41, 5.74) is 1.32. The second-order valence-electron chi connectivity index (χ2n) is 9.77. The maximum Gasteiger partial charge on any atom is 0.340 e. The van der Waals surface area contributed by atoms with Crippen LogP contribution in [0.5, 0.6) is 5.75 Å². The van der Waals surface area contributed by atoms with Crippen LogP contribution in [-0.2, 0) is 9.53 Å². The Labute approximate surface area is 201 Å². The molecule has 2 rings (SSSR count). The van der Waals surface area contributed by atoms with Gasteiger partial charge < -0.3 is 9.47 Å². The van der Waals surface area contributed by atoms with Crippen molar-refractivity contribution in [3.8, 4) is 5.75 Å². The first-order chi connectivity index (χ1) is 16.1. The van der Waals surface area contributed by atoms with Gasteiger partial charge in [-0.25, -0.2) is 9.18 Å². The second kappa shape index (κ2) is 16.9. The molecule has 1 atom stereocenters. The lowest BCUT2D eigenvalue weighted by atomic mass is 9.83. The first kappa shape index (κ1) is 27.7. The molecule has 0 aliphatic heterocycles. The standard InChI is InChI=1S/C29H47FO3/c1-3-5-7-8-9-10-11-12-13-23-32-26-19-15-24(16-20-26)25-17-21-27(22-18-25)33-29(31)28(30)14-6-4-2/h15-16,19-20,25,27-28H,3-14,17-18,21-23H2,1-2H3/t25?,27?,28-/m0/s1. The van der Waals surface area contributed by atoms with Crippen molar-refractivity contribution in [1.29, 1.82) is 0 Å². The molecule has 0 saturated heterocycles. The third-order valence-corrected chi connectivity index (χ3v) is 6.89. The summed E-state index contributed by atoms with van der Waals surface area (Å²) in [5.74, 6) is 0.759. The summed E-state index contributed by atoms with van der Waals surface area (Å²) >= 11 is 0. The van der Waals surface area contributed by atoms with Gasteiger partial charge >= 0.3 is 5.97 Å². The summed E-state index contributed by atoms with van der Waals surface area (Å²) in [7, 11) is 0. The smallest absolute Gasteiger partial charge is 0.340 e. The topological polar surface area (TPSA) is 35.5 Å². The number of alkyl halides is 1. The van der Waals surface area contributed by atoms with Crippen LogP contribution < -0.4 is 4.74 Å². The minimum Gasteiger partial charge on any atom is -0.494 e. The van der Waals surface area contributed by atoms with Crippen LogP contribution in [0.25, 0.3) is 0 Å². The highest BCUT2D eigenvalue weighted by Gasteiger charge is 2.27. The molecule has 1 fully saturated rings. The number of halogens is 1. The van der Waals surface area contributed by atoms with Gasteiger partial charge in [-0.05, 0) is 62.1 Å². The lowest BCUT2D eigenvalue weighted by Gasteiger charge is -2.29. The van der Waals surface area contributed by atoms with Crippen molar-refractivity contribution in [3.05, 3.63) is 29.8 Å². The Morgan fingerprint density at radius 2 is 1.42 bits per heavy atom. The predicted octanol–water partition coefficient (Wildman–Crippen LogP) is 8.69. The van der Waals surface area contributed by atoms with E-state index in [1.54, 1.807) is 0 Å². The molecule has 0 unspecified atom stereocenters. The van der Waals surface area contributed by atoms with E-state index >= 15 is 0 Å². The van der Waals surface area contributed by atoms with Crippen LogP contribution in [-0.4, -0.2) is 24.9 Å². The fraction of sp³-hybridized carbons (Fsp3) is 0.759. The zero-order chi connectivity index (χ0) is 23.7. The van der Waals surface area contributed by atoms with Gasteiger partial charge in [-0.1, -0.05) is 90.2 Å². The van der Waals surface area contributed by atoms with Crippen LogP contribution in [0.3, 0.4) is 0 Å². The van der Waals surface area contributed by atoms with E-state index < -0.39 is 12.1 Å². The summed E-state index contributed by atoms with van der Waals surface area (Å²) in [5, 5.41) is 0. The molecule has 0 aromatic heterocycles. The number of hydrogen-bond donors (Lipinski definition) is 0. The number of esters is 1. The van der Waals surface area contributed by atoms with Crippen molar-refractivity contribution >= 4 is 5.97 Å². The van der Waals surface area contributed by atoms with Gasteiger partial charge in [0.05, 0.1) is 6.61 Å². The van der Waals surface area contributed by atoms with Crippen LogP contribution >= 0.6 is 0 Å². The van der Waals surface area contributed by atoms with E-state index in [4.69, 9.17) is 9.47 Å². The Morgan fingerprint density at radius 3 is 2.03 bits per heavy atom. The lowest BCUT2D eigenvalue weighted by Crippen LogP contribution is -2.28. The minimum atomic E-state index is -1.47. The molecule has 33 heavy (non-hydrogen) atoms. The number of rotatable bonds is 17. The zero-order valence-corrected chi connectivity index (χ0v) is 21.2. The maximum absolute atomic E-state index is 13.8. The van der Waals surface area contributed by atoms with Crippen molar-refractivity contribution in [2.45, 2.75) is 135 Å². The first-order valence-electron chi connectivity index (χ1n) is 13.7. The van der Waals surface area contributed by atoms with Crippen LogP contribution in [0.2, 0.25) is 0 Å². The van der Waals surface area contributed by atoms with Gasteiger partial charge in [0.25, 0.3) is 0 Å². The van der Waals surface area contributed by atoms with Gasteiger partial charge in [-0.3, -0.25) is 0 Å². The van der Waals surface area contributed by atoms with E-state index in [0.29, 0.717) is 5.92 Å². The second-order valence-corrected chi connectivity index (χ2v) is 9.77. The van der Waals surface area contributed by atoms with Crippen molar-refractivity contribution in [2.24, 2.45) is 0 Å². The van der Waals surface area contributed by atoms with Crippen molar-refractivity contribution in [2.75, 3.05) is 6.61 Å². The SMILES string of the molecule is CCCCCCCCCCCOc1ccc(C2CCC(OC(=O)[C@@H](F)CCCC)CC2)cc1. The van der Waals surface area contributed by atoms with Crippen molar-refractivity contribution < 1.29 is 18.7 Å². The lowest BCUT2D eigenvalue weighted by molar-refractivity contribution is -0.157. The summed E-state index contributed by atoms with van der Waals surface area (Å²) in [6.07, 6.45) is 15.8. The van der Waals surface area contributed by atoms with Crippen molar-refractivity contribution in [1.82, 2.24) is 0 Å². The molecular weight excluding hydrogens is 415 g/mol. The zero-order valence-electron chi connectivity index (χ0n) is 21.2. The molecule has 4 heteroatoms. The van der Waals surface area contributed by atoms with E-state index in [0.717, 1.165) is 57.3 Å². The van der Waals surface area contributed by atoms with Gasteiger partial charge in [0.2, 0.25) is 0 Å². The molecule has 3 nitrogen and oxygen atoms in total. The summed E-state index contributed by atoms with van der Waals surface area (Å²) in [6.45, 7) is 5.05. The Kier molecular flexibility index (Phi) is 14.2. The largest absolute Gasteiger partial charge is 0.494 e. The Hall–Kier alpha value is -1.58. The van der Waals surface area contributed by atoms with Gasteiger partial charge in [-0.15, -0.1) is 0 Å². The van der Waals surface area contributed by atoms with Crippen LogP contribution in [0.1, 0.15) is 128 Å². The maximum atomic E-state index is 13.8. The molecule has 1 aliphatic carbocycles. The molecular formula is C29H47FO3. The minimum absolute atomic E-state index is 0.132. The Balaban J connectivity index is 1.57. The first-order valence-corrected chi connectivity index (χ1v) is 13.7. The third kappa shape index (κ3) is 11.4. The summed E-state index contributed by atoms with van der Waals surface area (Å²) in [6, 6.07) is 8.50. The van der Waals surface area contributed by atoms with E-state index in [-0.39, 0.29) is 12.5 Å². The normalized spacial score (nSPS) is 19.2. The molecule has 1 aromatic carbocycles. The number of ether oxygens (including phenoxy) is 2. The summed E-state index contributed by atoms with van der Waals surface area (Å²) in [4.78, 5) is 11.9. The molecule has 188 valence electrons. The van der Waals surface area contributed by atoms with Crippen molar-refractivity contribution in [3.63, 3.8) is 0 Å². The van der Waals surface area contributed by atoms with Crippen LogP contribution in [0.15, 0.2) is 24.3 Å². The Bertz CT molecular complexity index is 622. The fourth-order valence-electron chi connectivity index (χ4n) is 4.69. The van der Waals surface area contributed by atoms with E-state index in [9.17, 15) is 9.18 Å². The molecule has 0 N–H and O–H groups in total. The molecule has 0 amide bonds. The monoisotopic (exact) mass is 462 g/mol. The van der Waals surface area contributed by atoms with Gasteiger partial charge in [-0.2, -0.15) is 0 Å². The van der Waals surface area contributed by atoms with Gasteiger partial charge in [0.1, 0.15) is 11.9 Å². The van der Waals surface area contributed by atoms with E-state index in [1.807, 2.05) is 6.92 Å². The molecule has 0 radical (unpaired) electrons. The summed E-state index contributed by atoms with van der Waals surface area (Å²) < 4.78 is 25.2. The molecule has 0 heterocycles. The van der Waals surface area contributed by atoms with Gasteiger partial charge in [0.15, 0.2) is 6.17 Å². The Morgan fingerprint density at radius 1 is 0.848 bits per heavy atom. The quantitative estimate of drug-likeness (QED) is 0.171. The number of carbonyl (C=O) groups excluding carboxylic acids is 1. The third-order valence-electron chi connectivity index (χ3n) is 6.89.